The zero-order valence-electron chi connectivity index (χ0n) is 16.1. The molecule has 1 fully saturated rings. The molecule has 1 aromatic carbocycles. The third-order valence-electron chi connectivity index (χ3n) is 5.54. The van der Waals surface area contributed by atoms with Gasteiger partial charge in [0.05, 0.1) is 5.69 Å². The van der Waals surface area contributed by atoms with Gasteiger partial charge in [-0.25, -0.2) is 9.50 Å². The summed E-state index contributed by atoms with van der Waals surface area (Å²) in [5.41, 5.74) is 2.65. The largest absolute Gasteiger partial charge is 0.336 e. The molecule has 6 heteroatoms. The first kappa shape index (κ1) is 17.6. The second kappa shape index (κ2) is 6.76. The van der Waals surface area contributed by atoms with E-state index in [1.807, 2.05) is 17.0 Å². The van der Waals surface area contributed by atoms with Crippen LogP contribution >= 0.6 is 0 Å². The molecule has 4 rings (SSSR count). The molecule has 1 saturated heterocycles. The molecular weight excluding hydrogens is 338 g/mol. The van der Waals surface area contributed by atoms with Gasteiger partial charge < -0.3 is 4.90 Å². The standard InChI is InChI=1S/C21H25N5O/c1-15(2)18-12-17(24-20-22-14-23-26(18)20)19(27)25-11-7-10-21(3,13-25)16-8-5-4-6-9-16/h4-6,8-9,12,14-15H,7,10-11,13H2,1-3H3. The molecule has 0 N–H and O–H groups in total. The van der Waals surface area contributed by atoms with Gasteiger partial charge in [0.2, 0.25) is 0 Å². The van der Waals surface area contributed by atoms with Crippen molar-refractivity contribution in [3.8, 4) is 0 Å². The monoisotopic (exact) mass is 363 g/mol. The number of carbonyl (C=O) groups excluding carboxylic acids is 1. The maximum Gasteiger partial charge on any atom is 0.272 e. The lowest BCUT2D eigenvalue weighted by molar-refractivity contribution is 0.0645. The van der Waals surface area contributed by atoms with Crippen LogP contribution in [0.5, 0.6) is 0 Å². The second-order valence-electron chi connectivity index (χ2n) is 7.95. The van der Waals surface area contributed by atoms with Gasteiger partial charge in [-0.2, -0.15) is 10.1 Å². The van der Waals surface area contributed by atoms with E-state index in [0.29, 0.717) is 18.0 Å². The van der Waals surface area contributed by atoms with Gasteiger partial charge in [-0.1, -0.05) is 51.1 Å². The summed E-state index contributed by atoms with van der Waals surface area (Å²) in [6.07, 6.45) is 3.55. The predicted octanol–water partition coefficient (Wildman–Crippen LogP) is 3.44. The fourth-order valence-electron chi connectivity index (χ4n) is 4.01. The summed E-state index contributed by atoms with van der Waals surface area (Å²) in [6.45, 7) is 7.87. The van der Waals surface area contributed by atoms with Crippen molar-refractivity contribution in [3.05, 3.63) is 59.7 Å². The van der Waals surface area contributed by atoms with Gasteiger partial charge in [-0.15, -0.1) is 0 Å². The number of benzene rings is 1. The molecule has 140 valence electrons. The van der Waals surface area contributed by atoms with Crippen LogP contribution in [-0.2, 0) is 5.41 Å². The van der Waals surface area contributed by atoms with E-state index in [0.717, 1.165) is 25.1 Å². The first-order valence-electron chi connectivity index (χ1n) is 9.53. The van der Waals surface area contributed by atoms with E-state index in [-0.39, 0.29) is 17.2 Å². The van der Waals surface area contributed by atoms with Crippen LogP contribution in [0.2, 0.25) is 0 Å². The molecule has 0 radical (unpaired) electrons. The van der Waals surface area contributed by atoms with E-state index in [2.05, 4.69) is 60.1 Å². The summed E-state index contributed by atoms with van der Waals surface area (Å²) in [7, 11) is 0. The number of nitrogens with zero attached hydrogens (tertiary/aromatic N) is 5. The molecule has 3 aromatic rings. The Kier molecular flexibility index (Phi) is 4.42. The Labute approximate surface area is 159 Å². The third-order valence-corrected chi connectivity index (χ3v) is 5.54. The molecule has 3 heterocycles. The van der Waals surface area contributed by atoms with Gasteiger partial charge in [0.25, 0.3) is 11.7 Å². The van der Waals surface area contributed by atoms with Crippen LogP contribution in [0.1, 0.15) is 61.3 Å². The normalized spacial score (nSPS) is 20.4. The minimum Gasteiger partial charge on any atom is -0.336 e. The number of amides is 1. The summed E-state index contributed by atoms with van der Waals surface area (Å²) < 4.78 is 1.71. The highest BCUT2D eigenvalue weighted by Gasteiger charge is 2.35. The van der Waals surface area contributed by atoms with E-state index < -0.39 is 0 Å². The Morgan fingerprint density at radius 3 is 2.74 bits per heavy atom. The molecule has 0 spiro atoms. The smallest absolute Gasteiger partial charge is 0.272 e. The zero-order chi connectivity index (χ0) is 19.0. The molecule has 0 bridgehead atoms. The molecule has 1 amide bonds. The SMILES string of the molecule is CC(C)c1cc(C(=O)N2CCCC(C)(c3ccccc3)C2)nc2ncnn12. The van der Waals surface area contributed by atoms with Crippen LogP contribution in [-0.4, -0.2) is 43.5 Å². The Morgan fingerprint density at radius 2 is 2.00 bits per heavy atom. The lowest BCUT2D eigenvalue weighted by Gasteiger charge is -2.41. The number of aromatic nitrogens is 4. The van der Waals surface area contributed by atoms with Crippen molar-refractivity contribution in [2.45, 2.75) is 44.9 Å². The number of likely N-dealkylation sites (tertiary alicyclic amines) is 1. The van der Waals surface area contributed by atoms with Crippen molar-refractivity contribution in [2.75, 3.05) is 13.1 Å². The quantitative estimate of drug-likeness (QED) is 0.715. The van der Waals surface area contributed by atoms with E-state index in [4.69, 9.17) is 0 Å². The predicted molar refractivity (Wildman–Crippen MR) is 104 cm³/mol. The van der Waals surface area contributed by atoms with Crippen LogP contribution in [0.4, 0.5) is 0 Å². The molecular formula is C21H25N5O. The molecule has 1 atom stereocenters. The maximum absolute atomic E-state index is 13.3. The van der Waals surface area contributed by atoms with Gasteiger partial charge in [-0.05, 0) is 30.4 Å². The minimum absolute atomic E-state index is 0.0238. The molecule has 0 saturated carbocycles. The third kappa shape index (κ3) is 3.20. The number of fused-ring (bicyclic) bond motifs is 1. The van der Waals surface area contributed by atoms with Crippen LogP contribution in [0.15, 0.2) is 42.7 Å². The van der Waals surface area contributed by atoms with E-state index in [1.165, 1.54) is 11.9 Å². The lowest BCUT2D eigenvalue weighted by atomic mass is 9.76. The van der Waals surface area contributed by atoms with Crippen molar-refractivity contribution in [1.82, 2.24) is 24.5 Å². The highest BCUT2D eigenvalue weighted by molar-refractivity contribution is 5.93. The highest BCUT2D eigenvalue weighted by atomic mass is 16.2. The number of carbonyl (C=O) groups is 1. The number of rotatable bonds is 3. The summed E-state index contributed by atoms with van der Waals surface area (Å²) in [5, 5.41) is 4.23. The highest BCUT2D eigenvalue weighted by Crippen LogP contribution is 2.34. The first-order chi connectivity index (χ1) is 13.0. The van der Waals surface area contributed by atoms with Crippen LogP contribution in [0.25, 0.3) is 5.78 Å². The van der Waals surface area contributed by atoms with Crippen molar-refractivity contribution < 1.29 is 4.79 Å². The molecule has 1 unspecified atom stereocenters. The molecule has 1 aliphatic heterocycles. The summed E-state index contributed by atoms with van der Waals surface area (Å²) in [5.74, 6) is 0.677. The molecule has 6 nitrogen and oxygen atoms in total. The van der Waals surface area contributed by atoms with Gasteiger partial charge >= 0.3 is 0 Å². The number of piperidine rings is 1. The van der Waals surface area contributed by atoms with Crippen LogP contribution in [0.3, 0.4) is 0 Å². The fourth-order valence-corrected chi connectivity index (χ4v) is 4.01. The Balaban J connectivity index is 1.66. The Morgan fingerprint density at radius 1 is 1.22 bits per heavy atom. The van der Waals surface area contributed by atoms with Gasteiger partial charge in [0, 0.05) is 18.5 Å². The second-order valence-corrected chi connectivity index (χ2v) is 7.95. The Bertz CT molecular complexity index is 965. The van der Waals surface area contributed by atoms with Gasteiger partial charge in [0.15, 0.2) is 0 Å². The van der Waals surface area contributed by atoms with Crippen molar-refractivity contribution in [3.63, 3.8) is 0 Å². The molecule has 0 aliphatic carbocycles. The number of hydrogen-bond acceptors (Lipinski definition) is 4. The summed E-state index contributed by atoms with van der Waals surface area (Å²) in [6, 6.07) is 12.3. The molecule has 27 heavy (non-hydrogen) atoms. The van der Waals surface area contributed by atoms with Crippen molar-refractivity contribution in [2.24, 2.45) is 0 Å². The zero-order valence-corrected chi connectivity index (χ0v) is 16.1. The van der Waals surface area contributed by atoms with Crippen molar-refractivity contribution >= 4 is 11.7 Å². The Hall–Kier alpha value is -2.76. The van der Waals surface area contributed by atoms with Gasteiger partial charge in [0.1, 0.15) is 12.0 Å². The molecule has 2 aromatic heterocycles. The van der Waals surface area contributed by atoms with Gasteiger partial charge in [-0.3, -0.25) is 4.79 Å². The number of hydrogen-bond donors (Lipinski definition) is 0. The van der Waals surface area contributed by atoms with E-state index in [9.17, 15) is 4.79 Å². The first-order valence-corrected chi connectivity index (χ1v) is 9.53. The summed E-state index contributed by atoms with van der Waals surface area (Å²) >= 11 is 0. The maximum atomic E-state index is 13.3. The average molecular weight is 363 g/mol. The topological polar surface area (TPSA) is 63.4 Å². The van der Waals surface area contributed by atoms with Crippen LogP contribution in [0, 0.1) is 0 Å². The van der Waals surface area contributed by atoms with Crippen molar-refractivity contribution in [1.29, 1.82) is 0 Å². The fraction of sp³-hybridized carbons (Fsp3) is 0.429. The lowest BCUT2D eigenvalue weighted by Crippen LogP contribution is -2.47. The van der Waals surface area contributed by atoms with E-state index in [1.54, 1.807) is 4.52 Å². The summed E-state index contributed by atoms with van der Waals surface area (Å²) in [4.78, 5) is 23.9. The van der Waals surface area contributed by atoms with E-state index >= 15 is 0 Å². The molecule has 1 aliphatic rings. The van der Waals surface area contributed by atoms with Crippen LogP contribution < -0.4 is 0 Å². The minimum atomic E-state index is -0.0327. The average Bonchev–Trinajstić information content (AvgIpc) is 3.16.